The third-order valence-electron chi connectivity index (χ3n) is 6.08. The van der Waals surface area contributed by atoms with E-state index in [1.54, 1.807) is 11.5 Å². The minimum Gasteiger partial charge on any atom is -0.353 e. The molecule has 4 aromatic rings. The van der Waals surface area contributed by atoms with E-state index in [0.717, 1.165) is 55.1 Å². The first kappa shape index (κ1) is 22.1. The molecule has 0 radical (unpaired) electrons. The second-order valence-corrected chi connectivity index (χ2v) is 9.87. The minimum absolute atomic E-state index is 0.110. The van der Waals surface area contributed by atoms with Crippen molar-refractivity contribution in [2.24, 2.45) is 0 Å². The van der Waals surface area contributed by atoms with Crippen LogP contribution in [0.1, 0.15) is 15.9 Å². The van der Waals surface area contributed by atoms with Crippen LogP contribution in [0.3, 0.4) is 0 Å². The van der Waals surface area contributed by atoms with Crippen LogP contribution in [0, 0.1) is 0 Å². The molecule has 1 aliphatic heterocycles. The molecule has 0 bridgehead atoms. The van der Waals surface area contributed by atoms with E-state index in [1.807, 2.05) is 36.4 Å². The summed E-state index contributed by atoms with van der Waals surface area (Å²) in [4.78, 5) is 17.4. The molecule has 0 unspecified atom stereocenters. The van der Waals surface area contributed by atoms with Gasteiger partial charge in [0.1, 0.15) is 5.82 Å². The van der Waals surface area contributed by atoms with E-state index < -0.39 is 0 Å². The van der Waals surface area contributed by atoms with E-state index in [9.17, 15) is 4.79 Å². The third-order valence-corrected chi connectivity index (χ3v) is 7.59. The molecule has 168 valence electrons. The number of anilines is 2. The summed E-state index contributed by atoms with van der Waals surface area (Å²) in [6.07, 6.45) is 0.998. The Morgan fingerprint density at radius 1 is 0.939 bits per heavy atom. The van der Waals surface area contributed by atoms with Crippen LogP contribution in [0.2, 0.25) is 0 Å². The number of nitrogens with zero attached hydrogens (tertiary/aromatic N) is 3. The van der Waals surface area contributed by atoms with Crippen LogP contribution in [-0.4, -0.2) is 47.9 Å². The third kappa shape index (κ3) is 5.11. The molecule has 1 aliphatic rings. The molecule has 1 saturated heterocycles. The number of fused-ring (bicyclic) bond motifs is 1. The molecule has 33 heavy (non-hydrogen) atoms. The first-order chi connectivity index (χ1) is 16.2. The van der Waals surface area contributed by atoms with E-state index in [-0.39, 0.29) is 5.91 Å². The van der Waals surface area contributed by atoms with Crippen molar-refractivity contribution < 1.29 is 4.79 Å². The number of benzene rings is 3. The fourth-order valence-electron chi connectivity index (χ4n) is 4.17. The van der Waals surface area contributed by atoms with Gasteiger partial charge in [-0.2, -0.15) is 4.37 Å². The molecular formula is C26H25BrN4OS. The number of hydrogen-bond donors (Lipinski definition) is 1. The van der Waals surface area contributed by atoms with Gasteiger partial charge in [-0.05, 0) is 75.8 Å². The van der Waals surface area contributed by atoms with Crippen LogP contribution in [0.4, 0.5) is 11.5 Å². The molecule has 0 atom stereocenters. The Hall–Kier alpha value is -2.74. The number of hydrogen-bond acceptors (Lipinski definition) is 5. The summed E-state index contributed by atoms with van der Waals surface area (Å²) < 4.78 is 6.76. The molecule has 0 saturated carbocycles. The van der Waals surface area contributed by atoms with Gasteiger partial charge < -0.3 is 10.2 Å². The maximum absolute atomic E-state index is 12.5. The summed E-state index contributed by atoms with van der Waals surface area (Å²) in [5, 5.41) is 4.24. The Labute approximate surface area is 206 Å². The number of piperazine rings is 1. The van der Waals surface area contributed by atoms with E-state index in [2.05, 4.69) is 67.4 Å². The molecule has 0 spiro atoms. The van der Waals surface area contributed by atoms with Crippen LogP contribution in [0.5, 0.6) is 0 Å². The van der Waals surface area contributed by atoms with Crippen LogP contribution < -0.4 is 10.2 Å². The zero-order valence-electron chi connectivity index (χ0n) is 18.2. The normalized spacial score (nSPS) is 14.5. The minimum atomic E-state index is -0.110. The smallest absolute Gasteiger partial charge is 0.256 e. The molecule has 1 aromatic heterocycles. The lowest BCUT2D eigenvalue weighted by molar-refractivity contribution is 0.102. The zero-order chi connectivity index (χ0) is 22.6. The van der Waals surface area contributed by atoms with Gasteiger partial charge in [0.25, 0.3) is 5.91 Å². The molecule has 1 amide bonds. The van der Waals surface area contributed by atoms with E-state index in [0.29, 0.717) is 5.56 Å². The molecule has 3 aromatic carbocycles. The Balaban J connectivity index is 1.11. The number of amides is 1. The summed E-state index contributed by atoms with van der Waals surface area (Å²) >= 11 is 5.02. The van der Waals surface area contributed by atoms with Crippen molar-refractivity contribution in [3.8, 4) is 0 Å². The van der Waals surface area contributed by atoms with E-state index in [1.165, 1.54) is 15.6 Å². The number of halogens is 1. The molecule has 5 rings (SSSR count). The molecule has 7 heteroatoms. The standard InChI is InChI=1S/C26H25BrN4OS/c27-23-7-3-1-5-21(23)26(32)28-20-11-9-19(10-12-20)13-14-30-15-17-31(18-16-30)25-22-6-2-4-8-24(22)33-29-25/h1-12H,13-18H2,(H,28,32). The first-order valence-corrected chi connectivity index (χ1v) is 12.7. The lowest BCUT2D eigenvalue weighted by atomic mass is 10.1. The van der Waals surface area contributed by atoms with Gasteiger partial charge in [-0.3, -0.25) is 9.69 Å². The van der Waals surface area contributed by atoms with Gasteiger partial charge >= 0.3 is 0 Å². The fraction of sp³-hybridized carbons (Fsp3) is 0.231. The van der Waals surface area contributed by atoms with Crippen molar-refractivity contribution in [3.63, 3.8) is 0 Å². The Morgan fingerprint density at radius 3 is 2.45 bits per heavy atom. The molecular weight excluding hydrogens is 496 g/mol. The van der Waals surface area contributed by atoms with Gasteiger partial charge in [0.15, 0.2) is 0 Å². The van der Waals surface area contributed by atoms with Crippen LogP contribution in [0.25, 0.3) is 10.1 Å². The monoisotopic (exact) mass is 520 g/mol. The van der Waals surface area contributed by atoms with E-state index in [4.69, 9.17) is 4.37 Å². The highest BCUT2D eigenvalue weighted by molar-refractivity contribution is 9.10. The summed E-state index contributed by atoms with van der Waals surface area (Å²) in [6.45, 7) is 5.15. The summed E-state index contributed by atoms with van der Waals surface area (Å²) in [6, 6.07) is 24.1. The predicted octanol–water partition coefficient (Wildman–Crippen LogP) is 5.68. The molecule has 2 heterocycles. The van der Waals surface area contributed by atoms with Crippen LogP contribution in [0.15, 0.2) is 77.3 Å². The van der Waals surface area contributed by atoms with Gasteiger partial charge in [0, 0.05) is 48.3 Å². The van der Waals surface area contributed by atoms with Crippen molar-refractivity contribution in [2.75, 3.05) is 42.9 Å². The van der Waals surface area contributed by atoms with Gasteiger partial charge in [-0.1, -0.05) is 36.4 Å². The summed E-state index contributed by atoms with van der Waals surface area (Å²) in [7, 11) is 0. The number of carbonyl (C=O) groups excluding carboxylic acids is 1. The van der Waals surface area contributed by atoms with Gasteiger partial charge in [-0.15, -0.1) is 0 Å². The van der Waals surface area contributed by atoms with Gasteiger partial charge in [-0.25, -0.2) is 0 Å². The molecule has 1 N–H and O–H groups in total. The van der Waals surface area contributed by atoms with E-state index >= 15 is 0 Å². The molecule has 5 nitrogen and oxygen atoms in total. The number of nitrogens with one attached hydrogen (secondary N) is 1. The predicted molar refractivity (Wildman–Crippen MR) is 141 cm³/mol. The number of carbonyl (C=O) groups is 1. The second kappa shape index (κ2) is 10.0. The van der Waals surface area contributed by atoms with Crippen molar-refractivity contribution in [1.82, 2.24) is 9.27 Å². The lowest BCUT2D eigenvalue weighted by Gasteiger charge is -2.35. The number of rotatable bonds is 6. The number of aromatic nitrogens is 1. The fourth-order valence-corrected chi connectivity index (χ4v) is 5.43. The summed E-state index contributed by atoms with van der Waals surface area (Å²) in [5.74, 6) is 1.02. The maximum Gasteiger partial charge on any atom is 0.256 e. The van der Waals surface area contributed by atoms with Crippen LogP contribution >= 0.6 is 27.5 Å². The van der Waals surface area contributed by atoms with Crippen molar-refractivity contribution in [3.05, 3.63) is 88.4 Å². The largest absolute Gasteiger partial charge is 0.353 e. The Kier molecular flexibility index (Phi) is 6.71. The zero-order valence-corrected chi connectivity index (χ0v) is 20.6. The first-order valence-electron chi connectivity index (χ1n) is 11.1. The Bertz CT molecular complexity index is 1250. The maximum atomic E-state index is 12.5. The van der Waals surface area contributed by atoms with Crippen molar-refractivity contribution in [1.29, 1.82) is 0 Å². The van der Waals surface area contributed by atoms with Gasteiger partial charge in [0.2, 0.25) is 0 Å². The van der Waals surface area contributed by atoms with Gasteiger partial charge in [0.05, 0.1) is 10.3 Å². The summed E-state index contributed by atoms with van der Waals surface area (Å²) in [5.41, 5.74) is 2.72. The van der Waals surface area contributed by atoms with Crippen molar-refractivity contribution in [2.45, 2.75) is 6.42 Å². The topological polar surface area (TPSA) is 48.5 Å². The lowest BCUT2D eigenvalue weighted by Crippen LogP contribution is -2.47. The second-order valence-electron chi connectivity index (χ2n) is 8.21. The highest BCUT2D eigenvalue weighted by atomic mass is 79.9. The van der Waals surface area contributed by atoms with Crippen molar-refractivity contribution >= 4 is 55.0 Å². The average molecular weight is 521 g/mol. The quantitative estimate of drug-likeness (QED) is 0.355. The van der Waals surface area contributed by atoms with Crippen LogP contribution in [-0.2, 0) is 6.42 Å². The average Bonchev–Trinajstić information content (AvgIpc) is 3.28. The highest BCUT2D eigenvalue weighted by Gasteiger charge is 2.20. The SMILES string of the molecule is O=C(Nc1ccc(CCN2CCN(c3nsc4ccccc34)CC2)cc1)c1ccccc1Br. The molecule has 0 aliphatic carbocycles. The highest BCUT2D eigenvalue weighted by Crippen LogP contribution is 2.29. The Morgan fingerprint density at radius 2 is 1.67 bits per heavy atom. The molecule has 1 fully saturated rings.